The Bertz CT molecular complexity index is 776. The van der Waals surface area contributed by atoms with E-state index >= 15 is 0 Å². The number of aryl methyl sites for hydroxylation is 1. The first-order chi connectivity index (χ1) is 13.0. The number of carbonyl (C=O) groups is 1. The number of hydrogen-bond donors (Lipinski definition) is 2. The van der Waals surface area contributed by atoms with Crippen molar-refractivity contribution in [3.05, 3.63) is 47.0 Å². The van der Waals surface area contributed by atoms with Gasteiger partial charge in [0.1, 0.15) is 5.75 Å². The van der Waals surface area contributed by atoms with Crippen LogP contribution in [0.4, 0.5) is 17.1 Å². The van der Waals surface area contributed by atoms with Gasteiger partial charge in [0.05, 0.1) is 12.1 Å². The van der Waals surface area contributed by atoms with Gasteiger partial charge in [-0.05, 0) is 62.7 Å². The number of carbonyl (C=O) groups excluding carboxylic acids is 1. The van der Waals surface area contributed by atoms with E-state index in [1.165, 1.54) is 5.69 Å². The van der Waals surface area contributed by atoms with Crippen molar-refractivity contribution < 1.29 is 9.53 Å². The molecule has 2 aromatic carbocycles. The van der Waals surface area contributed by atoms with Crippen LogP contribution in [0.2, 0.25) is 5.02 Å². The summed E-state index contributed by atoms with van der Waals surface area (Å²) in [7, 11) is 1.58. The predicted octanol–water partition coefficient (Wildman–Crippen LogP) is 4.94. The number of nitrogens with zero attached hydrogens (tertiary/aromatic N) is 1. The molecule has 0 radical (unpaired) electrons. The summed E-state index contributed by atoms with van der Waals surface area (Å²) in [6.07, 6.45) is 0.362. The van der Waals surface area contributed by atoms with Crippen LogP contribution in [0.5, 0.6) is 5.75 Å². The highest BCUT2D eigenvalue weighted by atomic mass is 35.5. The molecule has 0 fully saturated rings. The van der Waals surface area contributed by atoms with Gasteiger partial charge in [0.15, 0.2) is 0 Å². The normalized spacial score (nSPS) is 10.4. The molecule has 0 aliphatic heterocycles. The SMILES string of the molecule is CCN(CC)c1ccc(NC(=O)CCNc2ccc(OC)c(Cl)c2)c(C)c1. The summed E-state index contributed by atoms with van der Waals surface area (Å²) in [5.74, 6) is 0.601. The highest BCUT2D eigenvalue weighted by Gasteiger charge is 2.08. The third kappa shape index (κ3) is 5.79. The highest BCUT2D eigenvalue weighted by Crippen LogP contribution is 2.27. The van der Waals surface area contributed by atoms with E-state index in [0.29, 0.717) is 23.7 Å². The van der Waals surface area contributed by atoms with E-state index in [4.69, 9.17) is 16.3 Å². The van der Waals surface area contributed by atoms with Gasteiger partial charge in [-0.15, -0.1) is 0 Å². The second kappa shape index (κ2) is 10.1. The average Bonchev–Trinajstić information content (AvgIpc) is 2.65. The lowest BCUT2D eigenvalue weighted by Crippen LogP contribution is -2.22. The molecule has 0 heterocycles. The van der Waals surface area contributed by atoms with Crippen LogP contribution in [0.15, 0.2) is 36.4 Å². The van der Waals surface area contributed by atoms with Gasteiger partial charge in [0, 0.05) is 43.1 Å². The molecule has 0 saturated carbocycles. The van der Waals surface area contributed by atoms with Gasteiger partial charge in [-0.1, -0.05) is 11.6 Å². The Balaban J connectivity index is 1.87. The lowest BCUT2D eigenvalue weighted by atomic mass is 10.1. The lowest BCUT2D eigenvalue weighted by Gasteiger charge is -2.22. The van der Waals surface area contributed by atoms with Crippen molar-refractivity contribution in [1.29, 1.82) is 0 Å². The molecule has 27 heavy (non-hydrogen) atoms. The third-order valence-corrected chi connectivity index (χ3v) is 4.74. The Hall–Kier alpha value is -2.40. The summed E-state index contributed by atoms with van der Waals surface area (Å²) < 4.78 is 5.13. The molecule has 2 rings (SSSR count). The first-order valence-corrected chi connectivity index (χ1v) is 9.59. The number of anilines is 3. The first kappa shape index (κ1) is 20.9. The quantitative estimate of drug-likeness (QED) is 0.637. The zero-order valence-electron chi connectivity index (χ0n) is 16.4. The topological polar surface area (TPSA) is 53.6 Å². The number of hydrogen-bond acceptors (Lipinski definition) is 4. The summed E-state index contributed by atoms with van der Waals surface area (Å²) in [5, 5.41) is 6.72. The van der Waals surface area contributed by atoms with Crippen molar-refractivity contribution in [2.45, 2.75) is 27.2 Å². The van der Waals surface area contributed by atoms with Gasteiger partial charge >= 0.3 is 0 Å². The minimum atomic E-state index is -0.0270. The largest absolute Gasteiger partial charge is 0.495 e. The zero-order valence-corrected chi connectivity index (χ0v) is 17.2. The van der Waals surface area contributed by atoms with E-state index < -0.39 is 0 Å². The fourth-order valence-electron chi connectivity index (χ4n) is 2.88. The maximum absolute atomic E-state index is 12.2. The number of benzene rings is 2. The van der Waals surface area contributed by atoms with Crippen LogP contribution in [0.3, 0.4) is 0 Å². The maximum atomic E-state index is 12.2. The van der Waals surface area contributed by atoms with Crippen LogP contribution in [0.1, 0.15) is 25.8 Å². The van der Waals surface area contributed by atoms with Crippen LogP contribution in [-0.4, -0.2) is 32.7 Å². The Kier molecular flexibility index (Phi) is 7.80. The van der Waals surface area contributed by atoms with Crippen molar-refractivity contribution in [2.24, 2.45) is 0 Å². The van der Waals surface area contributed by atoms with Gasteiger partial charge in [-0.25, -0.2) is 0 Å². The molecule has 0 bridgehead atoms. The van der Waals surface area contributed by atoms with Crippen LogP contribution in [0, 0.1) is 6.92 Å². The molecule has 5 nitrogen and oxygen atoms in total. The minimum absolute atomic E-state index is 0.0270. The average molecular weight is 390 g/mol. The van der Waals surface area contributed by atoms with Crippen molar-refractivity contribution in [2.75, 3.05) is 42.3 Å². The van der Waals surface area contributed by atoms with Crippen LogP contribution in [-0.2, 0) is 4.79 Å². The summed E-state index contributed by atoms with van der Waals surface area (Å²) in [6.45, 7) is 8.73. The molecule has 0 aliphatic rings. The number of amides is 1. The molecule has 2 aromatic rings. The number of nitrogens with one attached hydrogen (secondary N) is 2. The van der Waals surface area contributed by atoms with E-state index in [9.17, 15) is 4.79 Å². The molecular formula is C21H28ClN3O2. The smallest absolute Gasteiger partial charge is 0.226 e. The van der Waals surface area contributed by atoms with E-state index in [-0.39, 0.29) is 5.91 Å². The fourth-order valence-corrected chi connectivity index (χ4v) is 3.14. The van der Waals surface area contributed by atoms with Crippen molar-refractivity contribution in [1.82, 2.24) is 0 Å². The van der Waals surface area contributed by atoms with Gasteiger partial charge in [-0.3, -0.25) is 4.79 Å². The van der Waals surface area contributed by atoms with Crippen LogP contribution in [0.25, 0.3) is 0 Å². The maximum Gasteiger partial charge on any atom is 0.226 e. The summed E-state index contributed by atoms with van der Waals surface area (Å²) >= 11 is 6.10. The predicted molar refractivity (Wildman–Crippen MR) is 114 cm³/mol. The molecule has 0 spiro atoms. The molecule has 0 atom stereocenters. The number of halogens is 1. The van der Waals surface area contributed by atoms with Crippen molar-refractivity contribution in [3.63, 3.8) is 0 Å². The highest BCUT2D eigenvalue weighted by molar-refractivity contribution is 6.32. The molecular weight excluding hydrogens is 362 g/mol. The van der Waals surface area contributed by atoms with Gasteiger partial charge in [0.2, 0.25) is 5.91 Å². The van der Waals surface area contributed by atoms with E-state index in [1.54, 1.807) is 19.2 Å². The molecule has 0 saturated heterocycles. The lowest BCUT2D eigenvalue weighted by molar-refractivity contribution is -0.115. The molecule has 0 aliphatic carbocycles. The van der Waals surface area contributed by atoms with Crippen molar-refractivity contribution in [3.8, 4) is 5.75 Å². The standard InChI is InChI=1S/C21H28ClN3O2/c1-5-25(6-2)17-8-9-19(15(3)13-17)24-21(26)11-12-23-16-7-10-20(27-4)18(22)14-16/h7-10,13-14,23H,5-6,11-12H2,1-4H3,(H,24,26). The molecule has 0 unspecified atom stereocenters. The minimum Gasteiger partial charge on any atom is -0.495 e. The molecule has 146 valence electrons. The molecule has 1 amide bonds. The van der Waals surface area contributed by atoms with E-state index in [1.807, 2.05) is 25.1 Å². The van der Waals surface area contributed by atoms with E-state index in [2.05, 4.69) is 35.4 Å². The number of methoxy groups -OCH3 is 1. The monoisotopic (exact) mass is 389 g/mol. The fraction of sp³-hybridized carbons (Fsp3) is 0.381. The summed E-state index contributed by atoms with van der Waals surface area (Å²) in [5.41, 5.74) is 3.94. The Morgan fingerprint density at radius 1 is 1.15 bits per heavy atom. The van der Waals surface area contributed by atoms with Gasteiger partial charge in [0.25, 0.3) is 0 Å². The third-order valence-electron chi connectivity index (χ3n) is 4.45. The Labute approximate surface area is 166 Å². The second-order valence-electron chi connectivity index (χ2n) is 6.25. The van der Waals surface area contributed by atoms with Crippen LogP contribution < -0.4 is 20.3 Å². The van der Waals surface area contributed by atoms with Crippen molar-refractivity contribution >= 4 is 34.6 Å². The van der Waals surface area contributed by atoms with Crippen LogP contribution >= 0.6 is 11.6 Å². The number of ether oxygens (including phenoxy) is 1. The van der Waals surface area contributed by atoms with E-state index in [0.717, 1.165) is 30.0 Å². The first-order valence-electron chi connectivity index (χ1n) is 9.21. The zero-order chi connectivity index (χ0) is 19.8. The summed E-state index contributed by atoms with van der Waals surface area (Å²) in [6, 6.07) is 11.6. The molecule has 2 N–H and O–H groups in total. The van der Waals surface area contributed by atoms with Gasteiger partial charge in [-0.2, -0.15) is 0 Å². The molecule has 6 heteroatoms. The number of rotatable bonds is 9. The Morgan fingerprint density at radius 2 is 1.89 bits per heavy atom. The second-order valence-corrected chi connectivity index (χ2v) is 6.65. The summed E-state index contributed by atoms with van der Waals surface area (Å²) in [4.78, 5) is 14.5. The Morgan fingerprint density at radius 3 is 2.48 bits per heavy atom. The molecule has 0 aromatic heterocycles. The van der Waals surface area contributed by atoms with Gasteiger partial charge < -0.3 is 20.3 Å².